The number of morpholine rings is 1. The van der Waals surface area contributed by atoms with E-state index in [4.69, 9.17) is 9.73 Å². The van der Waals surface area contributed by atoms with Crippen molar-refractivity contribution in [2.75, 3.05) is 45.9 Å². The minimum absolute atomic E-state index is 0.155. The van der Waals surface area contributed by atoms with Crippen molar-refractivity contribution in [1.82, 2.24) is 20.9 Å². The van der Waals surface area contributed by atoms with Crippen LogP contribution in [0.25, 0.3) is 0 Å². The van der Waals surface area contributed by atoms with Crippen LogP contribution in [0, 0.1) is 0 Å². The fourth-order valence-electron chi connectivity index (χ4n) is 5.23. The van der Waals surface area contributed by atoms with Crippen molar-refractivity contribution in [2.24, 2.45) is 4.99 Å². The highest BCUT2D eigenvalue weighted by molar-refractivity contribution is 5.81. The Bertz CT molecular complexity index is 536. The van der Waals surface area contributed by atoms with Crippen LogP contribution in [0.15, 0.2) is 4.99 Å². The molecule has 1 amide bonds. The Morgan fingerprint density at radius 2 is 1.73 bits per heavy atom. The van der Waals surface area contributed by atoms with E-state index in [0.29, 0.717) is 19.0 Å². The highest BCUT2D eigenvalue weighted by atomic mass is 16.5. The largest absolute Gasteiger partial charge is 0.379 e. The molecule has 1 aliphatic heterocycles. The van der Waals surface area contributed by atoms with E-state index in [2.05, 4.69) is 27.8 Å². The lowest BCUT2D eigenvalue weighted by molar-refractivity contribution is -0.121. The molecule has 0 bridgehead atoms. The summed E-state index contributed by atoms with van der Waals surface area (Å²) in [7, 11) is 0. The summed E-state index contributed by atoms with van der Waals surface area (Å²) < 4.78 is 5.59. The van der Waals surface area contributed by atoms with Crippen molar-refractivity contribution in [3.8, 4) is 0 Å². The average molecular weight is 422 g/mol. The molecule has 172 valence electrons. The fourth-order valence-corrected chi connectivity index (χ4v) is 5.23. The Balaban J connectivity index is 1.49. The molecule has 3 N–H and O–H groups in total. The van der Waals surface area contributed by atoms with Gasteiger partial charge in [-0.1, -0.05) is 38.5 Å². The molecular formula is C23H43N5O2. The number of ether oxygens (including phenoxy) is 1. The first-order valence-electron chi connectivity index (χ1n) is 12.4. The summed E-state index contributed by atoms with van der Waals surface area (Å²) in [5.74, 6) is 0.989. The lowest BCUT2D eigenvalue weighted by Gasteiger charge is -2.47. The van der Waals surface area contributed by atoms with Gasteiger partial charge in [-0.15, -0.1) is 0 Å². The third-order valence-corrected chi connectivity index (χ3v) is 6.96. The summed E-state index contributed by atoms with van der Waals surface area (Å²) in [4.78, 5) is 19.9. The van der Waals surface area contributed by atoms with Crippen LogP contribution in [-0.2, 0) is 9.53 Å². The smallest absolute Gasteiger partial charge is 0.221 e. The molecule has 1 heterocycles. The number of aliphatic imine (C=N–C) groups is 1. The third kappa shape index (κ3) is 7.12. The Kier molecular flexibility index (Phi) is 9.72. The van der Waals surface area contributed by atoms with Crippen molar-refractivity contribution in [2.45, 2.75) is 89.1 Å². The second-order valence-electron chi connectivity index (χ2n) is 9.16. The number of amides is 1. The van der Waals surface area contributed by atoms with Crippen LogP contribution in [0.1, 0.15) is 77.6 Å². The molecule has 0 spiro atoms. The van der Waals surface area contributed by atoms with Gasteiger partial charge in [0.2, 0.25) is 5.91 Å². The molecule has 0 aromatic carbocycles. The topological polar surface area (TPSA) is 78.0 Å². The summed E-state index contributed by atoms with van der Waals surface area (Å²) in [6.45, 7) is 8.04. The van der Waals surface area contributed by atoms with E-state index in [1.165, 1.54) is 51.4 Å². The van der Waals surface area contributed by atoms with E-state index in [9.17, 15) is 4.79 Å². The zero-order valence-electron chi connectivity index (χ0n) is 19.0. The van der Waals surface area contributed by atoms with Crippen LogP contribution >= 0.6 is 0 Å². The average Bonchev–Trinajstić information content (AvgIpc) is 2.79. The number of carbonyl (C=O) groups is 1. The van der Waals surface area contributed by atoms with Gasteiger partial charge < -0.3 is 20.7 Å². The maximum atomic E-state index is 12.3. The number of hydrogen-bond acceptors (Lipinski definition) is 4. The fraction of sp³-hybridized carbons (Fsp3) is 0.913. The summed E-state index contributed by atoms with van der Waals surface area (Å²) >= 11 is 0. The van der Waals surface area contributed by atoms with Gasteiger partial charge in [-0.2, -0.15) is 0 Å². The monoisotopic (exact) mass is 421 g/mol. The number of guanidine groups is 1. The molecule has 7 nitrogen and oxygen atoms in total. The zero-order valence-corrected chi connectivity index (χ0v) is 19.0. The molecule has 0 radical (unpaired) electrons. The molecule has 0 aromatic rings. The molecule has 0 aromatic heterocycles. The first kappa shape index (κ1) is 23.3. The number of carbonyl (C=O) groups excluding carboxylic acids is 1. The highest BCUT2D eigenvalue weighted by Crippen LogP contribution is 2.34. The number of nitrogens with one attached hydrogen (secondary N) is 3. The molecule has 3 fully saturated rings. The quantitative estimate of drug-likeness (QED) is 0.414. The normalized spacial score (nSPS) is 23.7. The standard InChI is InChI=1S/C23H43N5O2/c1-2-24-22(25-14-11-21(29)27-20-9-5-3-6-10-20)26-19-23(12-7-4-8-13-23)28-15-17-30-18-16-28/h20H,2-19H2,1H3,(H,27,29)(H2,24,25,26). The second kappa shape index (κ2) is 12.5. The maximum Gasteiger partial charge on any atom is 0.221 e. The van der Waals surface area contributed by atoms with Crippen molar-refractivity contribution in [1.29, 1.82) is 0 Å². The first-order chi connectivity index (χ1) is 14.7. The van der Waals surface area contributed by atoms with Crippen LogP contribution in [0.2, 0.25) is 0 Å². The lowest BCUT2D eigenvalue weighted by Crippen LogP contribution is -2.56. The van der Waals surface area contributed by atoms with Crippen molar-refractivity contribution < 1.29 is 9.53 Å². The second-order valence-corrected chi connectivity index (χ2v) is 9.16. The first-order valence-corrected chi connectivity index (χ1v) is 12.4. The highest BCUT2D eigenvalue weighted by Gasteiger charge is 2.38. The minimum atomic E-state index is 0.155. The Hall–Kier alpha value is -1.34. The van der Waals surface area contributed by atoms with Crippen LogP contribution in [-0.4, -0.2) is 74.3 Å². The lowest BCUT2D eigenvalue weighted by atomic mass is 9.80. The van der Waals surface area contributed by atoms with Gasteiger partial charge in [-0.25, -0.2) is 0 Å². The van der Waals surface area contributed by atoms with Gasteiger partial charge in [0.1, 0.15) is 0 Å². The number of hydrogen-bond donors (Lipinski definition) is 3. The van der Waals surface area contributed by atoms with Crippen molar-refractivity contribution in [3.05, 3.63) is 0 Å². The van der Waals surface area contributed by atoms with Gasteiger partial charge in [-0.05, 0) is 32.6 Å². The SMILES string of the molecule is CCNC(=NCC1(N2CCOCC2)CCCCC1)NCCC(=O)NC1CCCCC1. The molecule has 0 atom stereocenters. The molecule has 1 saturated heterocycles. The van der Waals surface area contributed by atoms with Gasteiger partial charge in [-0.3, -0.25) is 14.7 Å². The van der Waals surface area contributed by atoms with Crippen LogP contribution in [0.5, 0.6) is 0 Å². The summed E-state index contributed by atoms with van der Waals surface area (Å²) in [6.07, 6.45) is 12.9. The van der Waals surface area contributed by atoms with Crippen molar-refractivity contribution in [3.63, 3.8) is 0 Å². The van der Waals surface area contributed by atoms with E-state index in [1.54, 1.807) is 0 Å². The van der Waals surface area contributed by atoms with Crippen LogP contribution in [0.3, 0.4) is 0 Å². The molecular weight excluding hydrogens is 378 g/mol. The third-order valence-electron chi connectivity index (χ3n) is 6.96. The molecule has 0 unspecified atom stereocenters. The number of nitrogens with zero attached hydrogens (tertiary/aromatic N) is 2. The van der Waals surface area contributed by atoms with Crippen molar-refractivity contribution >= 4 is 11.9 Å². The van der Waals surface area contributed by atoms with Gasteiger partial charge in [0.25, 0.3) is 0 Å². The predicted molar refractivity (Wildman–Crippen MR) is 122 cm³/mol. The number of rotatable bonds is 8. The van der Waals surface area contributed by atoms with Crippen LogP contribution in [0.4, 0.5) is 0 Å². The maximum absolute atomic E-state index is 12.3. The summed E-state index contributed by atoms with van der Waals surface area (Å²) in [5.41, 5.74) is 0.169. The summed E-state index contributed by atoms with van der Waals surface area (Å²) in [5, 5.41) is 9.94. The van der Waals surface area contributed by atoms with Crippen LogP contribution < -0.4 is 16.0 Å². The van der Waals surface area contributed by atoms with Gasteiger partial charge in [0.15, 0.2) is 5.96 Å². The molecule has 3 aliphatic rings. The minimum Gasteiger partial charge on any atom is -0.379 e. The Labute approximate surface area is 182 Å². The molecule has 3 rings (SSSR count). The Morgan fingerprint density at radius 1 is 1.03 bits per heavy atom. The van der Waals surface area contributed by atoms with E-state index in [-0.39, 0.29) is 11.4 Å². The van der Waals surface area contributed by atoms with Gasteiger partial charge in [0, 0.05) is 44.2 Å². The van der Waals surface area contributed by atoms with E-state index >= 15 is 0 Å². The van der Waals surface area contributed by atoms with Gasteiger partial charge in [0.05, 0.1) is 19.8 Å². The molecule has 30 heavy (non-hydrogen) atoms. The molecule has 7 heteroatoms. The predicted octanol–water partition coefficient (Wildman–Crippen LogP) is 2.42. The molecule has 2 saturated carbocycles. The zero-order chi connectivity index (χ0) is 21.1. The molecule has 2 aliphatic carbocycles. The van der Waals surface area contributed by atoms with Gasteiger partial charge >= 0.3 is 0 Å². The van der Waals surface area contributed by atoms with E-state index in [1.807, 2.05) is 0 Å². The summed E-state index contributed by atoms with van der Waals surface area (Å²) in [6, 6.07) is 0.382. The Morgan fingerprint density at radius 3 is 2.43 bits per heavy atom. The van der Waals surface area contributed by atoms with E-state index in [0.717, 1.165) is 58.2 Å². The van der Waals surface area contributed by atoms with E-state index < -0.39 is 0 Å².